The van der Waals surface area contributed by atoms with Crippen LogP contribution in [0.1, 0.15) is 6.42 Å². The highest BCUT2D eigenvalue weighted by molar-refractivity contribution is 6.30. The van der Waals surface area contributed by atoms with Crippen LogP contribution in [0, 0.1) is 5.92 Å². The first-order valence-corrected chi connectivity index (χ1v) is 6.75. The molecule has 5 heteroatoms. The number of carbonyl (C=O) groups excluding carboxylic acids is 1. The number of ether oxygens (including phenoxy) is 2. The lowest BCUT2D eigenvalue weighted by Crippen LogP contribution is -2.28. The molecule has 0 spiro atoms. The highest BCUT2D eigenvalue weighted by Crippen LogP contribution is 2.19. The summed E-state index contributed by atoms with van der Waals surface area (Å²) in [5, 5.41) is 0.671. The molecule has 1 aromatic rings. The topological polar surface area (TPSA) is 38.8 Å². The number of methoxy groups -OCH3 is 1. The Hall–Kier alpha value is -1.26. The molecule has 0 radical (unpaired) electrons. The van der Waals surface area contributed by atoms with Crippen molar-refractivity contribution in [2.75, 3.05) is 33.4 Å². The van der Waals surface area contributed by atoms with Crippen LogP contribution in [0.15, 0.2) is 24.3 Å². The summed E-state index contributed by atoms with van der Waals surface area (Å²) < 4.78 is 10.4. The van der Waals surface area contributed by atoms with Crippen LogP contribution in [0.25, 0.3) is 0 Å². The molecule has 4 nitrogen and oxygen atoms in total. The standard InChI is InChI=1S/C14H18ClNO3/c1-18-14(17)11-5-6-16(10-11)7-8-19-13-4-2-3-12(15)9-13/h2-4,9,11H,5-8,10H2,1H3. The Morgan fingerprint density at radius 2 is 2.37 bits per heavy atom. The Bertz CT molecular complexity index is 438. The van der Waals surface area contributed by atoms with Gasteiger partial charge in [0.15, 0.2) is 0 Å². The fraction of sp³-hybridized carbons (Fsp3) is 0.500. The summed E-state index contributed by atoms with van der Waals surface area (Å²) in [6, 6.07) is 7.35. The maximum atomic E-state index is 11.4. The Morgan fingerprint density at radius 1 is 1.53 bits per heavy atom. The van der Waals surface area contributed by atoms with Gasteiger partial charge in [0, 0.05) is 18.1 Å². The molecule has 1 fully saturated rings. The van der Waals surface area contributed by atoms with Crippen LogP contribution in [0.3, 0.4) is 0 Å². The van der Waals surface area contributed by atoms with Gasteiger partial charge in [0.2, 0.25) is 0 Å². The highest BCUT2D eigenvalue weighted by atomic mass is 35.5. The monoisotopic (exact) mass is 283 g/mol. The lowest BCUT2D eigenvalue weighted by atomic mass is 10.1. The molecule has 0 N–H and O–H groups in total. The Balaban J connectivity index is 1.71. The number of halogens is 1. The maximum absolute atomic E-state index is 11.4. The van der Waals surface area contributed by atoms with Crippen molar-refractivity contribution < 1.29 is 14.3 Å². The van der Waals surface area contributed by atoms with E-state index in [1.54, 1.807) is 6.07 Å². The summed E-state index contributed by atoms with van der Waals surface area (Å²) in [7, 11) is 1.44. The van der Waals surface area contributed by atoms with E-state index < -0.39 is 0 Å². The molecule has 0 aliphatic carbocycles. The predicted octanol–water partition coefficient (Wildman–Crippen LogP) is 2.21. The Kier molecular flexibility index (Phi) is 5.05. The van der Waals surface area contributed by atoms with E-state index in [-0.39, 0.29) is 11.9 Å². The molecule has 1 aliphatic rings. The van der Waals surface area contributed by atoms with Gasteiger partial charge in [-0.15, -0.1) is 0 Å². The van der Waals surface area contributed by atoms with Gasteiger partial charge in [-0.1, -0.05) is 17.7 Å². The summed E-state index contributed by atoms with van der Waals surface area (Å²) in [5.41, 5.74) is 0. The molecular formula is C14H18ClNO3. The number of nitrogens with zero attached hydrogens (tertiary/aromatic N) is 1. The molecule has 2 rings (SSSR count). The van der Waals surface area contributed by atoms with E-state index >= 15 is 0 Å². The molecule has 0 bridgehead atoms. The third-order valence-corrected chi connectivity index (χ3v) is 3.51. The highest BCUT2D eigenvalue weighted by Gasteiger charge is 2.28. The van der Waals surface area contributed by atoms with Gasteiger partial charge in [0.25, 0.3) is 0 Å². The summed E-state index contributed by atoms with van der Waals surface area (Å²) in [4.78, 5) is 13.6. The van der Waals surface area contributed by atoms with Gasteiger partial charge in [-0.25, -0.2) is 0 Å². The minimum atomic E-state index is -0.113. The number of hydrogen-bond donors (Lipinski definition) is 0. The second-order valence-electron chi connectivity index (χ2n) is 4.62. The number of hydrogen-bond acceptors (Lipinski definition) is 4. The Labute approximate surface area is 118 Å². The molecule has 0 amide bonds. The number of carbonyl (C=O) groups is 1. The van der Waals surface area contributed by atoms with E-state index in [0.29, 0.717) is 11.6 Å². The van der Waals surface area contributed by atoms with Gasteiger partial charge in [-0.05, 0) is 31.2 Å². The van der Waals surface area contributed by atoms with Crippen LogP contribution in [-0.4, -0.2) is 44.2 Å². The van der Waals surface area contributed by atoms with E-state index in [1.165, 1.54) is 7.11 Å². The van der Waals surface area contributed by atoms with Crippen molar-refractivity contribution >= 4 is 17.6 Å². The van der Waals surface area contributed by atoms with Gasteiger partial charge in [-0.2, -0.15) is 0 Å². The number of benzene rings is 1. The first-order valence-electron chi connectivity index (χ1n) is 6.37. The van der Waals surface area contributed by atoms with Crippen LogP contribution >= 0.6 is 11.6 Å². The minimum Gasteiger partial charge on any atom is -0.492 e. The minimum absolute atomic E-state index is 0.0103. The van der Waals surface area contributed by atoms with Gasteiger partial charge < -0.3 is 9.47 Å². The summed E-state index contributed by atoms with van der Waals surface area (Å²) in [6.07, 6.45) is 0.865. The van der Waals surface area contributed by atoms with E-state index in [0.717, 1.165) is 31.8 Å². The zero-order valence-corrected chi connectivity index (χ0v) is 11.7. The van der Waals surface area contributed by atoms with Crippen LogP contribution in [-0.2, 0) is 9.53 Å². The van der Waals surface area contributed by atoms with Crippen LogP contribution in [0.4, 0.5) is 0 Å². The van der Waals surface area contributed by atoms with E-state index in [9.17, 15) is 4.79 Å². The lowest BCUT2D eigenvalue weighted by molar-refractivity contribution is -0.144. The third-order valence-electron chi connectivity index (χ3n) is 3.28. The molecule has 1 atom stereocenters. The van der Waals surface area contributed by atoms with Crippen molar-refractivity contribution in [3.05, 3.63) is 29.3 Å². The summed E-state index contributed by atoms with van der Waals surface area (Å²) >= 11 is 5.88. The smallest absolute Gasteiger partial charge is 0.310 e. The van der Waals surface area contributed by atoms with Gasteiger partial charge in [0.05, 0.1) is 13.0 Å². The molecule has 1 heterocycles. The quantitative estimate of drug-likeness (QED) is 0.777. The molecule has 1 saturated heterocycles. The summed E-state index contributed by atoms with van der Waals surface area (Å²) in [5.74, 6) is 0.672. The fourth-order valence-electron chi connectivity index (χ4n) is 2.24. The first kappa shape index (κ1) is 14.2. The normalized spacial score (nSPS) is 19.4. The number of esters is 1. The lowest BCUT2D eigenvalue weighted by Gasteiger charge is -2.15. The van der Waals surface area contributed by atoms with E-state index in [1.807, 2.05) is 18.2 Å². The maximum Gasteiger partial charge on any atom is 0.310 e. The zero-order chi connectivity index (χ0) is 13.7. The van der Waals surface area contributed by atoms with E-state index in [4.69, 9.17) is 21.1 Å². The second kappa shape index (κ2) is 6.78. The van der Waals surface area contributed by atoms with Crippen molar-refractivity contribution in [2.24, 2.45) is 5.92 Å². The van der Waals surface area contributed by atoms with Gasteiger partial charge >= 0.3 is 5.97 Å². The van der Waals surface area contributed by atoms with Crippen molar-refractivity contribution in [1.29, 1.82) is 0 Å². The second-order valence-corrected chi connectivity index (χ2v) is 5.05. The van der Waals surface area contributed by atoms with Crippen molar-refractivity contribution in [3.8, 4) is 5.75 Å². The number of rotatable bonds is 5. The SMILES string of the molecule is COC(=O)C1CCN(CCOc2cccc(Cl)c2)C1. The average molecular weight is 284 g/mol. The van der Waals surface area contributed by atoms with Gasteiger partial charge in [-0.3, -0.25) is 9.69 Å². The summed E-state index contributed by atoms with van der Waals surface area (Å²) in [6.45, 7) is 3.07. The molecule has 0 aromatic heterocycles. The third kappa shape index (κ3) is 4.11. The van der Waals surface area contributed by atoms with Gasteiger partial charge in [0.1, 0.15) is 12.4 Å². The van der Waals surface area contributed by atoms with Crippen molar-refractivity contribution in [1.82, 2.24) is 4.90 Å². The van der Waals surface area contributed by atoms with Crippen LogP contribution in [0.5, 0.6) is 5.75 Å². The Morgan fingerprint density at radius 3 is 3.11 bits per heavy atom. The van der Waals surface area contributed by atoms with Crippen molar-refractivity contribution in [2.45, 2.75) is 6.42 Å². The molecule has 1 unspecified atom stereocenters. The van der Waals surface area contributed by atoms with Crippen molar-refractivity contribution in [3.63, 3.8) is 0 Å². The molecule has 104 valence electrons. The average Bonchev–Trinajstić information content (AvgIpc) is 2.87. The largest absolute Gasteiger partial charge is 0.492 e. The van der Waals surface area contributed by atoms with Crippen LogP contribution < -0.4 is 4.74 Å². The first-order chi connectivity index (χ1) is 9.19. The molecule has 1 aromatic carbocycles. The molecule has 1 aliphatic heterocycles. The van der Waals surface area contributed by atoms with E-state index in [2.05, 4.69) is 4.90 Å². The fourth-order valence-corrected chi connectivity index (χ4v) is 2.42. The molecule has 19 heavy (non-hydrogen) atoms. The molecule has 0 saturated carbocycles. The van der Waals surface area contributed by atoms with Crippen LogP contribution in [0.2, 0.25) is 5.02 Å². The molecular weight excluding hydrogens is 266 g/mol. The zero-order valence-electron chi connectivity index (χ0n) is 11.0. The number of likely N-dealkylation sites (tertiary alicyclic amines) is 1. The predicted molar refractivity (Wildman–Crippen MR) is 73.5 cm³/mol.